The van der Waals surface area contributed by atoms with Crippen LogP contribution in [0.25, 0.3) is 10.8 Å². The molecule has 0 radical (unpaired) electrons. The summed E-state index contributed by atoms with van der Waals surface area (Å²) in [6.45, 7) is -0.170. The maximum Gasteiger partial charge on any atom is 0.262 e. The van der Waals surface area contributed by atoms with E-state index in [1.165, 1.54) is 6.07 Å². The van der Waals surface area contributed by atoms with E-state index in [2.05, 4.69) is 10.3 Å². The number of benzene rings is 2. The van der Waals surface area contributed by atoms with Crippen molar-refractivity contribution in [3.05, 3.63) is 66.5 Å². The van der Waals surface area contributed by atoms with Crippen LogP contribution in [0.1, 0.15) is 10.4 Å². The van der Waals surface area contributed by atoms with Crippen LogP contribution in [0.15, 0.2) is 60.9 Å². The van der Waals surface area contributed by atoms with Gasteiger partial charge in [0.25, 0.3) is 5.91 Å². The Balaban J connectivity index is 1.62. The molecule has 6 nitrogen and oxygen atoms in total. The number of rotatable bonds is 5. The fraction of sp³-hybridized carbons (Fsp3) is 0.0556. The van der Waals surface area contributed by atoms with Crippen LogP contribution in [-0.2, 0) is 4.79 Å². The summed E-state index contributed by atoms with van der Waals surface area (Å²) in [6.07, 6.45) is 3.46. The van der Waals surface area contributed by atoms with Gasteiger partial charge in [-0.3, -0.25) is 14.6 Å². The van der Waals surface area contributed by atoms with Gasteiger partial charge in [-0.15, -0.1) is 0 Å². The molecule has 3 rings (SSSR count). The Morgan fingerprint density at radius 2 is 1.96 bits per heavy atom. The number of carbonyl (C=O) groups is 2. The molecule has 0 spiro atoms. The third kappa shape index (κ3) is 3.67. The number of ether oxygens (including phenoxy) is 1. The summed E-state index contributed by atoms with van der Waals surface area (Å²) in [5.41, 5.74) is 6.21. The lowest BCUT2D eigenvalue weighted by molar-refractivity contribution is -0.118. The molecule has 6 heteroatoms. The first-order valence-electron chi connectivity index (χ1n) is 7.28. The lowest BCUT2D eigenvalue weighted by Crippen LogP contribution is -2.20. The average molecular weight is 321 g/mol. The molecule has 1 heterocycles. The second-order valence-electron chi connectivity index (χ2n) is 5.17. The van der Waals surface area contributed by atoms with Crippen LogP contribution in [0, 0.1) is 0 Å². The molecule has 0 bridgehead atoms. The summed E-state index contributed by atoms with van der Waals surface area (Å²) in [5, 5.41) is 4.75. The van der Waals surface area contributed by atoms with Crippen LogP contribution < -0.4 is 15.8 Å². The molecule has 1 aromatic heterocycles. The minimum absolute atomic E-state index is 0.170. The standard InChI is InChI=1S/C18H15N3O3/c19-18(23)13-2-1-3-16(9-13)24-11-17(22)21-15-5-4-14-10-20-7-6-12(14)8-15/h1-10H,11H2,(H2,19,23)(H,21,22). The maximum atomic E-state index is 12.0. The third-order valence-corrected chi connectivity index (χ3v) is 3.41. The number of primary amides is 1. The van der Waals surface area contributed by atoms with E-state index < -0.39 is 5.91 Å². The number of nitrogens with one attached hydrogen (secondary N) is 1. The molecule has 0 aliphatic rings. The van der Waals surface area contributed by atoms with Crippen molar-refractivity contribution in [1.29, 1.82) is 0 Å². The summed E-state index contributed by atoms with van der Waals surface area (Å²) < 4.78 is 5.39. The number of amides is 2. The number of hydrogen-bond donors (Lipinski definition) is 2. The lowest BCUT2D eigenvalue weighted by atomic mass is 10.1. The zero-order chi connectivity index (χ0) is 16.9. The van der Waals surface area contributed by atoms with Crippen LogP contribution in [0.4, 0.5) is 5.69 Å². The molecule has 0 aliphatic heterocycles. The Morgan fingerprint density at radius 1 is 1.08 bits per heavy atom. The predicted molar refractivity (Wildman–Crippen MR) is 90.8 cm³/mol. The molecular formula is C18H15N3O3. The number of hydrogen-bond acceptors (Lipinski definition) is 4. The van der Waals surface area contributed by atoms with Crippen LogP contribution in [0.2, 0.25) is 0 Å². The highest BCUT2D eigenvalue weighted by Gasteiger charge is 2.06. The maximum absolute atomic E-state index is 12.0. The summed E-state index contributed by atoms with van der Waals surface area (Å²) in [5.74, 6) is -0.436. The minimum Gasteiger partial charge on any atom is -0.484 e. The first-order chi connectivity index (χ1) is 11.6. The third-order valence-electron chi connectivity index (χ3n) is 3.41. The second-order valence-corrected chi connectivity index (χ2v) is 5.17. The van der Waals surface area contributed by atoms with E-state index in [1.807, 2.05) is 18.2 Å². The summed E-state index contributed by atoms with van der Waals surface area (Å²) in [7, 11) is 0. The van der Waals surface area contributed by atoms with E-state index in [9.17, 15) is 9.59 Å². The number of pyridine rings is 1. The summed E-state index contributed by atoms with van der Waals surface area (Å²) in [4.78, 5) is 27.2. The van der Waals surface area contributed by atoms with Gasteiger partial charge in [-0.1, -0.05) is 12.1 Å². The quantitative estimate of drug-likeness (QED) is 0.754. The van der Waals surface area contributed by atoms with Crippen molar-refractivity contribution in [3.8, 4) is 5.75 Å². The second kappa shape index (κ2) is 6.78. The zero-order valence-electron chi connectivity index (χ0n) is 12.7. The molecule has 0 aliphatic carbocycles. The van der Waals surface area contributed by atoms with E-state index in [4.69, 9.17) is 10.5 Å². The summed E-state index contributed by atoms with van der Waals surface area (Å²) in [6, 6.07) is 13.8. The fourth-order valence-electron chi connectivity index (χ4n) is 2.25. The molecule has 0 atom stereocenters. The summed E-state index contributed by atoms with van der Waals surface area (Å²) >= 11 is 0. The number of anilines is 1. The highest BCUT2D eigenvalue weighted by molar-refractivity contribution is 5.95. The first kappa shape index (κ1) is 15.5. The van der Waals surface area contributed by atoms with Gasteiger partial charge in [0.1, 0.15) is 5.75 Å². The van der Waals surface area contributed by atoms with Crippen molar-refractivity contribution in [2.75, 3.05) is 11.9 Å². The topological polar surface area (TPSA) is 94.3 Å². The SMILES string of the molecule is NC(=O)c1cccc(OCC(=O)Nc2ccc3cnccc3c2)c1. The van der Waals surface area contributed by atoms with Crippen molar-refractivity contribution >= 4 is 28.3 Å². The van der Waals surface area contributed by atoms with Gasteiger partial charge < -0.3 is 15.8 Å². The molecule has 0 saturated heterocycles. The molecular weight excluding hydrogens is 306 g/mol. The predicted octanol–water partition coefficient (Wildman–Crippen LogP) is 2.35. The van der Waals surface area contributed by atoms with Crippen LogP contribution >= 0.6 is 0 Å². The number of fused-ring (bicyclic) bond motifs is 1. The molecule has 3 N–H and O–H groups in total. The Hall–Kier alpha value is -3.41. The molecule has 2 amide bonds. The average Bonchev–Trinajstić information content (AvgIpc) is 2.60. The van der Waals surface area contributed by atoms with Gasteiger partial charge in [-0.05, 0) is 41.8 Å². The van der Waals surface area contributed by atoms with Crippen molar-refractivity contribution in [1.82, 2.24) is 4.98 Å². The van der Waals surface area contributed by atoms with Crippen LogP contribution in [-0.4, -0.2) is 23.4 Å². The number of carbonyl (C=O) groups excluding carboxylic acids is 2. The van der Waals surface area contributed by atoms with Crippen molar-refractivity contribution in [2.45, 2.75) is 0 Å². The smallest absolute Gasteiger partial charge is 0.262 e. The van der Waals surface area contributed by atoms with Crippen LogP contribution in [0.3, 0.4) is 0 Å². The molecule has 0 fully saturated rings. The minimum atomic E-state index is -0.546. The Labute approximate surface area is 138 Å². The molecule has 0 saturated carbocycles. The van der Waals surface area contributed by atoms with Gasteiger partial charge in [-0.2, -0.15) is 0 Å². The number of nitrogens with two attached hydrogens (primary N) is 1. The fourth-order valence-corrected chi connectivity index (χ4v) is 2.25. The van der Waals surface area contributed by atoms with Gasteiger partial charge in [0, 0.05) is 29.0 Å². The first-order valence-corrected chi connectivity index (χ1v) is 7.28. The Bertz CT molecular complexity index is 909. The zero-order valence-corrected chi connectivity index (χ0v) is 12.7. The van der Waals surface area contributed by atoms with Crippen molar-refractivity contribution in [2.24, 2.45) is 5.73 Å². The Morgan fingerprint density at radius 3 is 2.79 bits per heavy atom. The van der Waals surface area contributed by atoms with Crippen LogP contribution in [0.5, 0.6) is 5.75 Å². The molecule has 120 valence electrons. The van der Waals surface area contributed by atoms with E-state index in [0.29, 0.717) is 17.0 Å². The molecule has 24 heavy (non-hydrogen) atoms. The largest absolute Gasteiger partial charge is 0.484 e. The monoisotopic (exact) mass is 321 g/mol. The van der Waals surface area contributed by atoms with E-state index in [-0.39, 0.29) is 12.5 Å². The van der Waals surface area contributed by atoms with E-state index >= 15 is 0 Å². The molecule has 0 unspecified atom stereocenters. The van der Waals surface area contributed by atoms with Gasteiger partial charge >= 0.3 is 0 Å². The van der Waals surface area contributed by atoms with Gasteiger partial charge in [0.2, 0.25) is 5.91 Å². The van der Waals surface area contributed by atoms with Gasteiger partial charge in [-0.25, -0.2) is 0 Å². The van der Waals surface area contributed by atoms with Crippen molar-refractivity contribution < 1.29 is 14.3 Å². The molecule has 3 aromatic rings. The van der Waals surface area contributed by atoms with Gasteiger partial charge in [0.05, 0.1) is 0 Å². The van der Waals surface area contributed by atoms with E-state index in [1.54, 1.807) is 36.7 Å². The number of aromatic nitrogens is 1. The normalized spacial score (nSPS) is 10.3. The highest BCUT2D eigenvalue weighted by atomic mass is 16.5. The number of nitrogens with zero attached hydrogens (tertiary/aromatic N) is 1. The molecule has 2 aromatic carbocycles. The highest BCUT2D eigenvalue weighted by Crippen LogP contribution is 2.18. The Kier molecular flexibility index (Phi) is 4.38. The van der Waals surface area contributed by atoms with Gasteiger partial charge in [0.15, 0.2) is 6.61 Å². The lowest BCUT2D eigenvalue weighted by Gasteiger charge is -2.09. The van der Waals surface area contributed by atoms with Crippen molar-refractivity contribution in [3.63, 3.8) is 0 Å². The van der Waals surface area contributed by atoms with E-state index in [0.717, 1.165) is 10.8 Å².